The molecule has 0 saturated carbocycles. The third-order valence-electron chi connectivity index (χ3n) is 5.15. The summed E-state index contributed by atoms with van der Waals surface area (Å²) in [5, 5.41) is 10.8. The number of hydrogen-bond acceptors (Lipinski definition) is 5. The lowest BCUT2D eigenvalue weighted by Gasteiger charge is -2.35. The summed E-state index contributed by atoms with van der Waals surface area (Å²) in [4.78, 5) is 12.8. The first-order valence-electron chi connectivity index (χ1n) is 8.75. The SMILES string of the molecule is COc1cc2c(cc1OC)C(C)N(CCc1ccc([N+](=O)[O-])cc1)CC2. The average molecular weight is 356 g/mol. The van der Waals surface area contributed by atoms with Gasteiger partial charge in [-0.3, -0.25) is 15.0 Å². The van der Waals surface area contributed by atoms with Gasteiger partial charge in [0.25, 0.3) is 5.69 Å². The van der Waals surface area contributed by atoms with Gasteiger partial charge in [-0.2, -0.15) is 0 Å². The van der Waals surface area contributed by atoms with E-state index >= 15 is 0 Å². The van der Waals surface area contributed by atoms with Gasteiger partial charge in [0.15, 0.2) is 11.5 Å². The fourth-order valence-electron chi connectivity index (χ4n) is 3.56. The van der Waals surface area contributed by atoms with E-state index < -0.39 is 0 Å². The van der Waals surface area contributed by atoms with Crippen LogP contribution >= 0.6 is 0 Å². The summed E-state index contributed by atoms with van der Waals surface area (Å²) in [5.41, 5.74) is 3.83. The predicted molar refractivity (Wildman–Crippen MR) is 100 cm³/mol. The molecule has 6 heteroatoms. The lowest BCUT2D eigenvalue weighted by atomic mass is 9.92. The standard InChI is InChI=1S/C20H24N2O4/c1-14-18-13-20(26-3)19(25-2)12-16(18)9-11-21(14)10-8-15-4-6-17(7-5-15)22(23)24/h4-7,12-14H,8-11H2,1-3H3. The molecule has 1 atom stereocenters. The van der Waals surface area contributed by atoms with Crippen LogP contribution in [0.3, 0.4) is 0 Å². The van der Waals surface area contributed by atoms with Gasteiger partial charge in [-0.1, -0.05) is 12.1 Å². The smallest absolute Gasteiger partial charge is 0.269 e. The quantitative estimate of drug-likeness (QED) is 0.582. The molecule has 0 spiro atoms. The largest absolute Gasteiger partial charge is 0.493 e. The van der Waals surface area contributed by atoms with Gasteiger partial charge in [0.05, 0.1) is 19.1 Å². The number of fused-ring (bicyclic) bond motifs is 1. The number of nitro groups is 1. The molecule has 1 unspecified atom stereocenters. The van der Waals surface area contributed by atoms with Crippen LogP contribution in [0, 0.1) is 10.1 Å². The molecule has 0 aromatic heterocycles. The van der Waals surface area contributed by atoms with E-state index in [0.717, 1.165) is 43.0 Å². The van der Waals surface area contributed by atoms with Crippen LogP contribution in [0.5, 0.6) is 11.5 Å². The van der Waals surface area contributed by atoms with Gasteiger partial charge in [-0.05, 0) is 48.6 Å². The Morgan fingerprint density at radius 2 is 1.81 bits per heavy atom. The number of nitro benzene ring substituents is 1. The molecule has 0 N–H and O–H groups in total. The molecule has 0 aliphatic carbocycles. The number of hydrogen-bond donors (Lipinski definition) is 0. The molecule has 1 aliphatic heterocycles. The molecule has 0 radical (unpaired) electrons. The lowest BCUT2D eigenvalue weighted by Crippen LogP contribution is -2.35. The summed E-state index contributed by atoms with van der Waals surface area (Å²) in [6.07, 6.45) is 1.84. The molecule has 138 valence electrons. The molecular formula is C20H24N2O4. The Morgan fingerprint density at radius 3 is 2.42 bits per heavy atom. The second-order valence-electron chi connectivity index (χ2n) is 6.54. The molecule has 1 aliphatic rings. The Morgan fingerprint density at radius 1 is 1.15 bits per heavy atom. The van der Waals surface area contributed by atoms with Crippen molar-refractivity contribution in [1.82, 2.24) is 4.90 Å². The first-order chi connectivity index (χ1) is 12.5. The second-order valence-corrected chi connectivity index (χ2v) is 6.54. The second kappa shape index (κ2) is 7.74. The van der Waals surface area contributed by atoms with Crippen molar-refractivity contribution in [2.45, 2.75) is 25.8 Å². The molecule has 2 aromatic rings. The maximum absolute atomic E-state index is 10.8. The van der Waals surface area contributed by atoms with E-state index in [0.29, 0.717) is 0 Å². The molecule has 3 rings (SSSR count). The van der Waals surface area contributed by atoms with E-state index in [1.165, 1.54) is 11.1 Å². The van der Waals surface area contributed by atoms with Gasteiger partial charge in [-0.15, -0.1) is 0 Å². The molecule has 0 amide bonds. The van der Waals surface area contributed by atoms with E-state index in [-0.39, 0.29) is 16.7 Å². The molecule has 6 nitrogen and oxygen atoms in total. The van der Waals surface area contributed by atoms with Crippen LogP contribution in [-0.4, -0.2) is 37.1 Å². The highest BCUT2D eigenvalue weighted by Gasteiger charge is 2.25. The maximum Gasteiger partial charge on any atom is 0.269 e. The van der Waals surface area contributed by atoms with E-state index in [1.54, 1.807) is 26.4 Å². The van der Waals surface area contributed by atoms with Crippen molar-refractivity contribution in [1.29, 1.82) is 0 Å². The summed E-state index contributed by atoms with van der Waals surface area (Å²) in [6.45, 7) is 4.10. The van der Waals surface area contributed by atoms with Crippen LogP contribution in [0.25, 0.3) is 0 Å². The fourth-order valence-corrected chi connectivity index (χ4v) is 3.56. The summed E-state index contributed by atoms with van der Waals surface area (Å²) in [7, 11) is 3.32. The number of ether oxygens (including phenoxy) is 2. The van der Waals surface area contributed by atoms with Gasteiger partial charge < -0.3 is 9.47 Å². The Bertz CT molecular complexity index is 789. The minimum Gasteiger partial charge on any atom is -0.493 e. The first-order valence-corrected chi connectivity index (χ1v) is 8.75. The van der Waals surface area contributed by atoms with Crippen LogP contribution < -0.4 is 9.47 Å². The highest BCUT2D eigenvalue weighted by molar-refractivity contribution is 5.49. The topological polar surface area (TPSA) is 64.8 Å². The van der Waals surface area contributed by atoms with Crippen LogP contribution in [0.2, 0.25) is 0 Å². The predicted octanol–water partition coefficient (Wildman–Crippen LogP) is 3.77. The van der Waals surface area contributed by atoms with Crippen molar-refractivity contribution in [3.63, 3.8) is 0 Å². The lowest BCUT2D eigenvalue weighted by molar-refractivity contribution is -0.384. The number of non-ortho nitro benzene ring substituents is 1. The zero-order chi connectivity index (χ0) is 18.7. The molecule has 1 heterocycles. The van der Waals surface area contributed by atoms with Crippen LogP contribution in [0.15, 0.2) is 36.4 Å². The van der Waals surface area contributed by atoms with Gasteiger partial charge in [0.1, 0.15) is 0 Å². The normalized spacial score (nSPS) is 16.8. The van der Waals surface area contributed by atoms with Crippen molar-refractivity contribution in [2.24, 2.45) is 0 Å². The number of nitrogens with zero attached hydrogens (tertiary/aromatic N) is 2. The molecule has 26 heavy (non-hydrogen) atoms. The third-order valence-corrected chi connectivity index (χ3v) is 5.15. The van der Waals surface area contributed by atoms with Crippen LogP contribution in [0.1, 0.15) is 29.7 Å². The molecule has 0 fully saturated rings. The zero-order valence-corrected chi connectivity index (χ0v) is 15.4. The highest BCUT2D eigenvalue weighted by atomic mass is 16.6. The Kier molecular flexibility index (Phi) is 5.42. The van der Waals surface area contributed by atoms with E-state index in [9.17, 15) is 10.1 Å². The Balaban J connectivity index is 1.70. The molecular weight excluding hydrogens is 332 g/mol. The minimum absolute atomic E-state index is 0.134. The summed E-state index contributed by atoms with van der Waals surface area (Å²) in [6, 6.07) is 11.3. The third kappa shape index (κ3) is 3.65. The minimum atomic E-state index is -0.366. The zero-order valence-electron chi connectivity index (χ0n) is 15.4. The Hall–Kier alpha value is -2.60. The van der Waals surface area contributed by atoms with Gasteiger partial charge in [0.2, 0.25) is 0 Å². The van der Waals surface area contributed by atoms with E-state index in [2.05, 4.69) is 24.0 Å². The van der Waals surface area contributed by atoms with Gasteiger partial charge >= 0.3 is 0 Å². The number of benzene rings is 2. The summed E-state index contributed by atoms with van der Waals surface area (Å²) in [5.74, 6) is 1.54. The van der Waals surface area contributed by atoms with Crippen LogP contribution in [-0.2, 0) is 12.8 Å². The summed E-state index contributed by atoms with van der Waals surface area (Å²) < 4.78 is 10.9. The highest BCUT2D eigenvalue weighted by Crippen LogP contribution is 2.37. The van der Waals surface area contributed by atoms with Crippen molar-refractivity contribution >= 4 is 5.69 Å². The maximum atomic E-state index is 10.8. The van der Waals surface area contributed by atoms with E-state index in [4.69, 9.17) is 9.47 Å². The van der Waals surface area contributed by atoms with E-state index in [1.807, 2.05) is 12.1 Å². The van der Waals surface area contributed by atoms with Crippen LogP contribution in [0.4, 0.5) is 5.69 Å². The van der Waals surface area contributed by atoms with Crippen molar-refractivity contribution in [3.05, 3.63) is 63.2 Å². The fraction of sp³-hybridized carbons (Fsp3) is 0.400. The molecule has 2 aromatic carbocycles. The van der Waals surface area contributed by atoms with Crippen molar-refractivity contribution in [2.75, 3.05) is 27.3 Å². The number of methoxy groups -OCH3 is 2. The Labute approximate surface area is 153 Å². The average Bonchev–Trinajstić information content (AvgIpc) is 2.67. The molecule has 0 bridgehead atoms. The van der Waals surface area contributed by atoms with Gasteiger partial charge in [-0.25, -0.2) is 0 Å². The first kappa shape index (κ1) is 18.2. The van der Waals surface area contributed by atoms with Crippen molar-refractivity contribution in [3.8, 4) is 11.5 Å². The van der Waals surface area contributed by atoms with Gasteiger partial charge in [0, 0.05) is 31.3 Å². The number of rotatable bonds is 6. The summed E-state index contributed by atoms with van der Waals surface area (Å²) >= 11 is 0. The monoisotopic (exact) mass is 356 g/mol. The molecule has 0 saturated heterocycles. The van der Waals surface area contributed by atoms with Crippen molar-refractivity contribution < 1.29 is 14.4 Å².